The van der Waals surface area contributed by atoms with Gasteiger partial charge in [0.15, 0.2) is 0 Å². The number of hydrazine groups is 2. The highest BCUT2D eigenvalue weighted by molar-refractivity contribution is 5.95. The standard InChI is InChI=1S/C23H25FN6O2/c1-14-4-3-5-18(15(14)2)25-21(31)13-30-23(32)28-10-11-29-20(22(28)27-30)12-19(26-29)16-6-8-17(24)9-7-16/h3-11,19-20,22,26-27H,12-13H2,1-2H3,(H,25,31). The topological polar surface area (TPSA) is 80.0 Å². The van der Waals surface area contributed by atoms with E-state index >= 15 is 0 Å². The number of rotatable bonds is 4. The molecule has 0 bridgehead atoms. The van der Waals surface area contributed by atoms with Gasteiger partial charge in [-0.05, 0) is 55.2 Å². The van der Waals surface area contributed by atoms with E-state index < -0.39 is 0 Å². The maximum absolute atomic E-state index is 13.3. The third kappa shape index (κ3) is 3.59. The molecule has 3 atom stereocenters. The molecule has 2 fully saturated rings. The molecule has 0 aliphatic carbocycles. The molecule has 3 amide bonds. The SMILES string of the molecule is Cc1cccc(NC(=O)CN2NC3C4CC(c5ccc(F)cc5)NN4C=CN3C2=O)c1C. The fraction of sp³-hybridized carbons (Fsp3) is 0.304. The summed E-state index contributed by atoms with van der Waals surface area (Å²) >= 11 is 0. The number of fused-ring (bicyclic) bond motifs is 3. The van der Waals surface area contributed by atoms with Crippen LogP contribution in [-0.2, 0) is 4.79 Å². The molecule has 8 nitrogen and oxygen atoms in total. The van der Waals surface area contributed by atoms with E-state index in [2.05, 4.69) is 16.2 Å². The molecule has 3 unspecified atom stereocenters. The molecule has 32 heavy (non-hydrogen) atoms. The van der Waals surface area contributed by atoms with E-state index in [-0.39, 0.29) is 42.5 Å². The van der Waals surface area contributed by atoms with Crippen molar-refractivity contribution in [3.05, 3.63) is 77.4 Å². The third-order valence-corrected chi connectivity index (χ3v) is 6.38. The summed E-state index contributed by atoms with van der Waals surface area (Å²) in [5.41, 5.74) is 10.4. The van der Waals surface area contributed by atoms with Crippen LogP contribution in [0.4, 0.5) is 14.9 Å². The van der Waals surface area contributed by atoms with E-state index in [1.165, 1.54) is 17.1 Å². The number of hydrogen-bond donors (Lipinski definition) is 3. The summed E-state index contributed by atoms with van der Waals surface area (Å²) in [6.07, 6.45) is 3.95. The van der Waals surface area contributed by atoms with Gasteiger partial charge in [-0.1, -0.05) is 24.3 Å². The van der Waals surface area contributed by atoms with Gasteiger partial charge in [0, 0.05) is 18.1 Å². The fourth-order valence-corrected chi connectivity index (χ4v) is 4.46. The molecule has 9 heteroatoms. The van der Waals surface area contributed by atoms with E-state index in [4.69, 9.17) is 0 Å². The maximum atomic E-state index is 13.3. The largest absolute Gasteiger partial charge is 0.340 e. The van der Waals surface area contributed by atoms with E-state index in [1.807, 2.05) is 43.3 Å². The third-order valence-electron chi connectivity index (χ3n) is 6.38. The van der Waals surface area contributed by atoms with Gasteiger partial charge in [0.05, 0.1) is 12.1 Å². The van der Waals surface area contributed by atoms with Crippen molar-refractivity contribution >= 4 is 17.6 Å². The lowest BCUT2D eigenvalue weighted by molar-refractivity contribution is -0.117. The van der Waals surface area contributed by atoms with Crippen molar-refractivity contribution in [1.82, 2.24) is 25.8 Å². The Balaban J connectivity index is 1.26. The summed E-state index contributed by atoms with van der Waals surface area (Å²) in [6.45, 7) is 3.84. The van der Waals surface area contributed by atoms with Crippen molar-refractivity contribution in [1.29, 1.82) is 0 Å². The van der Waals surface area contributed by atoms with Crippen LogP contribution in [0.1, 0.15) is 29.2 Å². The zero-order valence-corrected chi connectivity index (χ0v) is 17.9. The van der Waals surface area contributed by atoms with Gasteiger partial charge in [-0.2, -0.15) is 0 Å². The second-order valence-corrected chi connectivity index (χ2v) is 8.39. The van der Waals surface area contributed by atoms with Crippen molar-refractivity contribution in [3.8, 4) is 0 Å². The zero-order chi connectivity index (χ0) is 22.4. The summed E-state index contributed by atoms with van der Waals surface area (Å²) < 4.78 is 13.3. The molecule has 5 rings (SSSR count). The van der Waals surface area contributed by atoms with E-state index in [1.54, 1.807) is 23.2 Å². The molecule has 2 saturated heterocycles. The van der Waals surface area contributed by atoms with E-state index in [0.717, 1.165) is 28.8 Å². The van der Waals surface area contributed by atoms with Crippen molar-refractivity contribution in [2.45, 2.75) is 38.5 Å². The van der Waals surface area contributed by atoms with Crippen LogP contribution in [0.5, 0.6) is 0 Å². The molecule has 2 aromatic rings. The Labute approximate surface area is 185 Å². The molecule has 3 aliphatic heterocycles. The molecule has 0 aromatic heterocycles. The normalized spacial score (nSPS) is 24.0. The van der Waals surface area contributed by atoms with Crippen LogP contribution in [0.2, 0.25) is 0 Å². The number of anilines is 1. The van der Waals surface area contributed by atoms with Crippen LogP contribution in [0.25, 0.3) is 0 Å². The van der Waals surface area contributed by atoms with Gasteiger partial charge < -0.3 is 10.3 Å². The summed E-state index contributed by atoms with van der Waals surface area (Å²) in [6, 6.07) is 11.9. The number of carbonyl (C=O) groups excluding carboxylic acids is 2. The van der Waals surface area contributed by atoms with Crippen LogP contribution in [0.3, 0.4) is 0 Å². The predicted molar refractivity (Wildman–Crippen MR) is 117 cm³/mol. The Morgan fingerprint density at radius 3 is 2.69 bits per heavy atom. The van der Waals surface area contributed by atoms with E-state index in [0.29, 0.717) is 0 Å². The minimum atomic E-state index is -0.307. The number of halogens is 1. The molecule has 0 saturated carbocycles. The summed E-state index contributed by atoms with van der Waals surface area (Å²) in [5, 5.41) is 6.22. The van der Waals surface area contributed by atoms with Crippen LogP contribution in [-0.4, -0.2) is 45.6 Å². The second-order valence-electron chi connectivity index (χ2n) is 8.39. The number of nitrogens with zero attached hydrogens (tertiary/aromatic N) is 3. The number of benzene rings is 2. The van der Waals surface area contributed by atoms with Gasteiger partial charge in [0.1, 0.15) is 18.5 Å². The Morgan fingerprint density at radius 2 is 1.91 bits per heavy atom. The Hall–Kier alpha value is -3.43. The lowest BCUT2D eigenvalue weighted by Gasteiger charge is -2.34. The van der Waals surface area contributed by atoms with Crippen molar-refractivity contribution in [3.63, 3.8) is 0 Å². The molecule has 0 spiro atoms. The fourth-order valence-electron chi connectivity index (χ4n) is 4.46. The van der Waals surface area contributed by atoms with Crippen molar-refractivity contribution in [2.75, 3.05) is 11.9 Å². The Kier molecular flexibility index (Phi) is 5.07. The molecule has 0 radical (unpaired) electrons. The first-order valence-electron chi connectivity index (χ1n) is 10.6. The molecule has 3 N–H and O–H groups in total. The number of carbonyl (C=O) groups is 2. The van der Waals surface area contributed by atoms with Gasteiger partial charge in [-0.15, -0.1) is 0 Å². The molecular formula is C23H25FN6O2. The number of aryl methyl sites for hydroxylation is 1. The van der Waals surface area contributed by atoms with E-state index in [9.17, 15) is 14.0 Å². The van der Waals surface area contributed by atoms with Gasteiger partial charge in [-0.25, -0.2) is 25.0 Å². The first kappa shape index (κ1) is 20.5. The number of nitrogens with one attached hydrogen (secondary N) is 3. The minimum absolute atomic E-state index is 0.00347. The highest BCUT2D eigenvalue weighted by Crippen LogP contribution is 2.34. The smallest absolute Gasteiger partial charge is 0.324 e. The molecule has 2 aromatic carbocycles. The maximum Gasteiger partial charge on any atom is 0.340 e. The monoisotopic (exact) mass is 436 g/mol. The second kappa shape index (κ2) is 7.92. The average Bonchev–Trinajstić information content (AvgIpc) is 3.34. The Morgan fingerprint density at radius 1 is 1.12 bits per heavy atom. The molecular weight excluding hydrogens is 411 g/mol. The van der Waals surface area contributed by atoms with Crippen LogP contribution >= 0.6 is 0 Å². The Bertz CT molecular complexity index is 1090. The average molecular weight is 436 g/mol. The van der Waals surface area contributed by atoms with Gasteiger partial charge >= 0.3 is 6.03 Å². The number of urea groups is 1. The molecule has 3 aliphatic rings. The lowest BCUT2D eigenvalue weighted by Crippen LogP contribution is -2.54. The predicted octanol–water partition coefficient (Wildman–Crippen LogP) is 2.75. The van der Waals surface area contributed by atoms with Gasteiger partial charge in [-0.3, -0.25) is 9.69 Å². The zero-order valence-electron chi connectivity index (χ0n) is 17.9. The van der Waals surface area contributed by atoms with Crippen LogP contribution in [0, 0.1) is 19.7 Å². The first-order valence-corrected chi connectivity index (χ1v) is 10.6. The minimum Gasteiger partial charge on any atom is -0.324 e. The number of amides is 3. The molecule has 3 heterocycles. The lowest BCUT2D eigenvalue weighted by atomic mass is 10.00. The number of hydrogen-bond acceptors (Lipinski definition) is 5. The summed E-state index contributed by atoms with van der Waals surface area (Å²) in [5.74, 6) is -0.539. The highest BCUT2D eigenvalue weighted by atomic mass is 19.1. The first-order chi connectivity index (χ1) is 15.4. The summed E-state index contributed by atoms with van der Waals surface area (Å²) in [4.78, 5) is 27.2. The summed E-state index contributed by atoms with van der Waals surface area (Å²) in [7, 11) is 0. The van der Waals surface area contributed by atoms with Gasteiger partial charge in [0.25, 0.3) is 0 Å². The highest BCUT2D eigenvalue weighted by Gasteiger charge is 2.48. The van der Waals surface area contributed by atoms with Crippen molar-refractivity contribution in [2.24, 2.45) is 0 Å². The quantitative estimate of drug-likeness (QED) is 0.687. The van der Waals surface area contributed by atoms with Crippen LogP contribution in [0.15, 0.2) is 54.9 Å². The van der Waals surface area contributed by atoms with Crippen molar-refractivity contribution < 1.29 is 14.0 Å². The molecule has 166 valence electrons. The van der Waals surface area contributed by atoms with Crippen LogP contribution < -0.4 is 16.2 Å². The van der Waals surface area contributed by atoms with Gasteiger partial charge in [0.2, 0.25) is 5.91 Å².